The van der Waals surface area contributed by atoms with E-state index in [2.05, 4.69) is 5.18 Å². The Morgan fingerprint density at radius 3 is 2.36 bits per heavy atom. The molecule has 1 rings (SSSR count). The summed E-state index contributed by atoms with van der Waals surface area (Å²) >= 11 is 0. The molecular weight excluding hydrogens is 193 g/mol. The van der Waals surface area contributed by atoms with Crippen molar-refractivity contribution in [1.29, 1.82) is 0 Å². The number of rotatable bonds is 4. The van der Waals surface area contributed by atoms with E-state index in [0.717, 1.165) is 5.56 Å². The Balaban J connectivity index is 0.00000169. The fourth-order valence-corrected chi connectivity index (χ4v) is 1.01. The number of carboxylic acid groups (broad SMARTS) is 1. The number of hydrogen-bond donors (Lipinski definition) is 1. The Hall–Kier alpha value is -0.710. The molecule has 1 aromatic carbocycles. The zero-order chi connectivity index (χ0) is 9.68. The number of hydrogen-bond acceptors (Lipinski definition) is 3. The molecule has 0 aliphatic carbocycles. The molecule has 0 aromatic heterocycles. The van der Waals surface area contributed by atoms with Crippen molar-refractivity contribution in [2.45, 2.75) is 12.5 Å². The van der Waals surface area contributed by atoms with Crippen LogP contribution < -0.4 is 0 Å². The summed E-state index contributed by atoms with van der Waals surface area (Å²) in [4.78, 5) is 20.6. The summed E-state index contributed by atoms with van der Waals surface area (Å²) < 4.78 is 0. The maximum atomic E-state index is 10.4. The van der Waals surface area contributed by atoms with Crippen LogP contribution in [0, 0.1) is 4.91 Å². The van der Waals surface area contributed by atoms with Crippen molar-refractivity contribution in [3.8, 4) is 0 Å². The van der Waals surface area contributed by atoms with Crippen LogP contribution in [0.3, 0.4) is 0 Å². The Morgan fingerprint density at radius 1 is 1.36 bits per heavy atom. The molecule has 4 nitrogen and oxygen atoms in total. The van der Waals surface area contributed by atoms with Crippen molar-refractivity contribution in [2.24, 2.45) is 5.18 Å². The summed E-state index contributed by atoms with van der Waals surface area (Å²) in [5.74, 6) is -1.18. The number of nitroso groups, excluding NO2 is 1. The Bertz CT molecular complexity index is 302. The SMILES string of the molecule is O=NC(Cc1ccccc1)C(=O)O.[NaH]. The molecule has 0 heterocycles. The minimum absolute atomic E-state index is 0. The normalized spacial score (nSPS) is 11.1. The molecule has 0 spiro atoms. The van der Waals surface area contributed by atoms with Crippen molar-refractivity contribution in [2.75, 3.05) is 0 Å². The molecule has 0 aliphatic heterocycles. The summed E-state index contributed by atoms with van der Waals surface area (Å²) in [6, 6.07) is 7.76. The molecule has 1 atom stereocenters. The molecule has 70 valence electrons. The topological polar surface area (TPSA) is 66.7 Å². The van der Waals surface area contributed by atoms with Crippen LogP contribution in [0.1, 0.15) is 5.56 Å². The first kappa shape index (κ1) is 13.3. The predicted molar refractivity (Wildman–Crippen MR) is 54.5 cm³/mol. The number of benzene rings is 1. The van der Waals surface area contributed by atoms with E-state index in [-0.39, 0.29) is 36.0 Å². The molecule has 0 radical (unpaired) electrons. The van der Waals surface area contributed by atoms with E-state index in [9.17, 15) is 9.70 Å². The Morgan fingerprint density at radius 2 is 1.93 bits per heavy atom. The third-order valence-electron chi connectivity index (χ3n) is 1.68. The number of carbonyl (C=O) groups is 1. The second-order valence-corrected chi connectivity index (χ2v) is 2.65. The zero-order valence-corrected chi connectivity index (χ0v) is 6.88. The predicted octanol–water partition coefficient (Wildman–Crippen LogP) is 0.800. The molecule has 0 saturated heterocycles. The first-order valence-corrected chi connectivity index (χ1v) is 3.83. The van der Waals surface area contributed by atoms with Crippen LogP contribution in [0.4, 0.5) is 0 Å². The average molecular weight is 203 g/mol. The van der Waals surface area contributed by atoms with Gasteiger partial charge in [-0.3, -0.25) is 0 Å². The van der Waals surface area contributed by atoms with Gasteiger partial charge in [-0.05, 0) is 5.56 Å². The molecule has 1 aromatic rings. The van der Waals surface area contributed by atoms with E-state index < -0.39 is 12.0 Å². The van der Waals surface area contributed by atoms with Gasteiger partial charge in [0.05, 0.1) is 0 Å². The van der Waals surface area contributed by atoms with Crippen LogP contribution in [0.25, 0.3) is 0 Å². The molecule has 0 fully saturated rings. The molecular formula is C9H10NNaO3. The van der Waals surface area contributed by atoms with Gasteiger partial charge in [0, 0.05) is 6.42 Å². The third-order valence-corrected chi connectivity index (χ3v) is 1.68. The fraction of sp³-hybridized carbons (Fsp3) is 0.222. The van der Waals surface area contributed by atoms with Gasteiger partial charge < -0.3 is 5.11 Å². The molecule has 1 unspecified atom stereocenters. The summed E-state index contributed by atoms with van der Waals surface area (Å²) in [6.45, 7) is 0. The fourth-order valence-electron chi connectivity index (χ4n) is 1.01. The average Bonchev–Trinajstić information content (AvgIpc) is 2.15. The van der Waals surface area contributed by atoms with Gasteiger partial charge in [0.1, 0.15) is 0 Å². The van der Waals surface area contributed by atoms with Gasteiger partial charge in [0.25, 0.3) is 0 Å². The molecule has 0 bridgehead atoms. The molecule has 0 saturated carbocycles. The number of aliphatic carboxylic acids is 1. The molecule has 1 N–H and O–H groups in total. The molecule has 14 heavy (non-hydrogen) atoms. The monoisotopic (exact) mass is 203 g/mol. The third kappa shape index (κ3) is 4.00. The second kappa shape index (κ2) is 6.70. The second-order valence-electron chi connectivity index (χ2n) is 2.65. The van der Waals surface area contributed by atoms with Crippen LogP contribution in [0.15, 0.2) is 35.5 Å². The Labute approximate surface area is 104 Å². The summed E-state index contributed by atoms with van der Waals surface area (Å²) in [5, 5.41) is 11.1. The van der Waals surface area contributed by atoms with Gasteiger partial charge in [0.15, 0.2) is 6.04 Å². The zero-order valence-electron chi connectivity index (χ0n) is 6.88. The van der Waals surface area contributed by atoms with E-state index in [4.69, 9.17) is 5.11 Å². The Kier molecular flexibility index (Phi) is 6.36. The minimum atomic E-state index is -1.18. The first-order chi connectivity index (χ1) is 6.24. The van der Waals surface area contributed by atoms with E-state index in [0.29, 0.717) is 0 Å². The van der Waals surface area contributed by atoms with Crippen molar-refractivity contribution < 1.29 is 9.90 Å². The van der Waals surface area contributed by atoms with E-state index in [1.54, 1.807) is 24.3 Å². The van der Waals surface area contributed by atoms with Crippen LogP contribution in [0.5, 0.6) is 0 Å². The number of nitrogens with zero attached hydrogens (tertiary/aromatic N) is 1. The van der Waals surface area contributed by atoms with E-state index >= 15 is 0 Å². The van der Waals surface area contributed by atoms with Gasteiger partial charge in [-0.25, -0.2) is 4.79 Å². The van der Waals surface area contributed by atoms with Crippen molar-refractivity contribution in [3.63, 3.8) is 0 Å². The summed E-state index contributed by atoms with van der Waals surface area (Å²) in [5.41, 5.74) is 0.800. The van der Waals surface area contributed by atoms with Crippen LogP contribution in [-0.2, 0) is 11.2 Å². The van der Waals surface area contributed by atoms with Crippen molar-refractivity contribution in [3.05, 3.63) is 40.8 Å². The van der Waals surface area contributed by atoms with Gasteiger partial charge in [-0.2, -0.15) is 0 Å². The standard InChI is InChI=1S/C9H9NO3.Na.H/c11-9(12)8(10-13)6-7-4-2-1-3-5-7;;/h1-5,8H,6H2,(H,11,12);;. The van der Waals surface area contributed by atoms with Gasteiger partial charge in [-0.1, -0.05) is 35.5 Å². The molecule has 0 amide bonds. The van der Waals surface area contributed by atoms with Gasteiger partial charge in [0.2, 0.25) is 0 Å². The van der Waals surface area contributed by atoms with E-state index in [1.807, 2.05) is 6.07 Å². The molecule has 0 aliphatic rings. The van der Waals surface area contributed by atoms with Crippen molar-refractivity contribution in [1.82, 2.24) is 0 Å². The maximum absolute atomic E-state index is 10.4. The van der Waals surface area contributed by atoms with Gasteiger partial charge >= 0.3 is 35.5 Å². The van der Waals surface area contributed by atoms with Crippen LogP contribution in [-0.4, -0.2) is 46.7 Å². The number of carboxylic acids is 1. The van der Waals surface area contributed by atoms with Crippen LogP contribution >= 0.6 is 0 Å². The first-order valence-electron chi connectivity index (χ1n) is 3.83. The van der Waals surface area contributed by atoms with Crippen LogP contribution in [0.2, 0.25) is 0 Å². The van der Waals surface area contributed by atoms with Crippen molar-refractivity contribution >= 4 is 35.5 Å². The van der Waals surface area contributed by atoms with E-state index in [1.165, 1.54) is 0 Å². The van der Waals surface area contributed by atoms with Gasteiger partial charge in [-0.15, -0.1) is 4.91 Å². The quantitative estimate of drug-likeness (QED) is 0.581. The summed E-state index contributed by atoms with van der Waals surface area (Å²) in [7, 11) is 0. The summed E-state index contributed by atoms with van der Waals surface area (Å²) in [6.07, 6.45) is 0.152. The molecule has 5 heteroatoms.